The summed E-state index contributed by atoms with van der Waals surface area (Å²) in [5.41, 5.74) is 1.16. The first-order chi connectivity index (χ1) is 11.1. The molecular formula is C16H14F2N4O. The maximum Gasteiger partial charge on any atom is 0.180 e. The minimum atomic E-state index is -0.899. The number of nitrogens with zero attached hydrogens (tertiary/aromatic N) is 4. The van der Waals surface area contributed by atoms with Gasteiger partial charge in [0, 0.05) is 31.0 Å². The molecule has 0 amide bonds. The molecule has 1 saturated heterocycles. The molecular weight excluding hydrogens is 302 g/mol. The highest BCUT2D eigenvalue weighted by Gasteiger charge is 2.24. The van der Waals surface area contributed by atoms with Crippen LogP contribution in [0.25, 0.3) is 16.9 Å². The van der Waals surface area contributed by atoms with E-state index in [1.165, 1.54) is 18.3 Å². The molecule has 7 heteroatoms. The van der Waals surface area contributed by atoms with Crippen LogP contribution in [-0.2, 0) is 0 Å². The lowest BCUT2D eigenvalue weighted by Crippen LogP contribution is -2.23. The Morgan fingerprint density at radius 3 is 2.87 bits per heavy atom. The Labute approximate surface area is 130 Å². The third kappa shape index (κ3) is 2.24. The SMILES string of the molecule is OC1CCN(c2nccn3c(-c4cccc(F)c4F)cnc23)C1. The fourth-order valence-electron chi connectivity index (χ4n) is 2.96. The van der Waals surface area contributed by atoms with Crippen LogP contribution < -0.4 is 4.90 Å². The van der Waals surface area contributed by atoms with Gasteiger partial charge < -0.3 is 10.0 Å². The average Bonchev–Trinajstić information content (AvgIpc) is 3.16. The van der Waals surface area contributed by atoms with E-state index >= 15 is 0 Å². The number of aliphatic hydroxyl groups excluding tert-OH is 1. The molecule has 1 atom stereocenters. The number of aliphatic hydroxyl groups is 1. The van der Waals surface area contributed by atoms with Crippen LogP contribution in [0.15, 0.2) is 36.8 Å². The standard InChI is InChI=1S/C16H14F2N4O/c17-12-3-1-2-11(14(12)18)13-8-20-16-15(19-5-7-22(13)16)21-6-4-10(23)9-21/h1-3,5,7-8,10,23H,4,6,9H2. The number of benzene rings is 1. The van der Waals surface area contributed by atoms with Gasteiger partial charge in [0.1, 0.15) is 0 Å². The maximum absolute atomic E-state index is 14.1. The molecule has 1 fully saturated rings. The molecule has 1 aliphatic rings. The van der Waals surface area contributed by atoms with E-state index in [4.69, 9.17) is 0 Å². The first kappa shape index (κ1) is 14.1. The van der Waals surface area contributed by atoms with Gasteiger partial charge in [0.15, 0.2) is 23.1 Å². The molecule has 1 aliphatic heterocycles. The molecule has 0 aliphatic carbocycles. The number of imidazole rings is 1. The van der Waals surface area contributed by atoms with E-state index in [2.05, 4.69) is 9.97 Å². The van der Waals surface area contributed by atoms with Crippen LogP contribution in [0.1, 0.15) is 6.42 Å². The van der Waals surface area contributed by atoms with Gasteiger partial charge in [0.05, 0.1) is 18.0 Å². The van der Waals surface area contributed by atoms with Crippen LogP contribution in [0.3, 0.4) is 0 Å². The summed E-state index contributed by atoms with van der Waals surface area (Å²) in [6, 6.07) is 4.06. The Kier molecular flexibility index (Phi) is 3.23. The summed E-state index contributed by atoms with van der Waals surface area (Å²) >= 11 is 0. The average molecular weight is 316 g/mol. The Hall–Kier alpha value is -2.54. The van der Waals surface area contributed by atoms with E-state index in [0.717, 1.165) is 6.07 Å². The van der Waals surface area contributed by atoms with Crippen LogP contribution in [-0.4, -0.2) is 38.7 Å². The lowest BCUT2D eigenvalue weighted by atomic mass is 10.1. The molecule has 23 heavy (non-hydrogen) atoms. The zero-order valence-corrected chi connectivity index (χ0v) is 12.2. The molecule has 0 spiro atoms. The Morgan fingerprint density at radius 1 is 1.22 bits per heavy atom. The highest BCUT2D eigenvalue weighted by Crippen LogP contribution is 2.29. The van der Waals surface area contributed by atoms with Gasteiger partial charge in [0.2, 0.25) is 0 Å². The molecule has 1 unspecified atom stereocenters. The second-order valence-corrected chi connectivity index (χ2v) is 5.58. The topological polar surface area (TPSA) is 53.7 Å². The lowest BCUT2D eigenvalue weighted by Gasteiger charge is -2.17. The molecule has 1 aromatic carbocycles. The number of halogens is 2. The monoisotopic (exact) mass is 316 g/mol. The largest absolute Gasteiger partial charge is 0.391 e. The van der Waals surface area contributed by atoms with Gasteiger partial charge in [-0.1, -0.05) is 6.07 Å². The van der Waals surface area contributed by atoms with Crippen molar-refractivity contribution in [3.05, 3.63) is 48.4 Å². The van der Waals surface area contributed by atoms with Gasteiger partial charge in [-0.3, -0.25) is 4.40 Å². The van der Waals surface area contributed by atoms with E-state index in [1.54, 1.807) is 16.8 Å². The molecule has 1 N–H and O–H groups in total. The predicted octanol–water partition coefficient (Wildman–Crippen LogP) is 2.25. The van der Waals surface area contributed by atoms with E-state index in [1.807, 2.05) is 4.90 Å². The molecule has 0 saturated carbocycles. The van der Waals surface area contributed by atoms with Gasteiger partial charge in [-0.15, -0.1) is 0 Å². The molecule has 118 valence electrons. The normalized spacial score (nSPS) is 18.0. The highest BCUT2D eigenvalue weighted by molar-refractivity contribution is 5.71. The zero-order valence-electron chi connectivity index (χ0n) is 12.2. The second kappa shape index (κ2) is 5.27. The van der Waals surface area contributed by atoms with Crippen molar-refractivity contribution < 1.29 is 13.9 Å². The number of aromatic nitrogens is 3. The van der Waals surface area contributed by atoms with Gasteiger partial charge >= 0.3 is 0 Å². The van der Waals surface area contributed by atoms with Crippen molar-refractivity contribution in [2.75, 3.05) is 18.0 Å². The number of fused-ring (bicyclic) bond motifs is 1. The second-order valence-electron chi connectivity index (χ2n) is 5.58. The number of anilines is 1. The van der Waals surface area contributed by atoms with E-state index < -0.39 is 11.6 Å². The van der Waals surface area contributed by atoms with Crippen LogP contribution >= 0.6 is 0 Å². The molecule has 0 radical (unpaired) electrons. The number of hydrogen-bond donors (Lipinski definition) is 1. The Morgan fingerprint density at radius 2 is 2.09 bits per heavy atom. The van der Waals surface area contributed by atoms with Gasteiger partial charge in [-0.25, -0.2) is 18.7 Å². The fourth-order valence-corrected chi connectivity index (χ4v) is 2.96. The van der Waals surface area contributed by atoms with Crippen molar-refractivity contribution in [3.8, 4) is 11.3 Å². The van der Waals surface area contributed by atoms with Gasteiger partial charge in [0.25, 0.3) is 0 Å². The van der Waals surface area contributed by atoms with Crippen molar-refractivity contribution in [1.29, 1.82) is 0 Å². The fraction of sp³-hybridized carbons (Fsp3) is 0.250. The minimum absolute atomic E-state index is 0.149. The van der Waals surface area contributed by atoms with Gasteiger partial charge in [-0.2, -0.15) is 0 Å². The van der Waals surface area contributed by atoms with Crippen molar-refractivity contribution in [2.24, 2.45) is 0 Å². The molecule has 3 aromatic rings. The quantitative estimate of drug-likeness (QED) is 0.788. The van der Waals surface area contributed by atoms with Gasteiger partial charge in [-0.05, 0) is 18.6 Å². The number of β-amino-alcohol motifs (C(OH)–C–C–N with tert-alkyl or cyclic N) is 1. The maximum atomic E-state index is 14.1. The third-order valence-corrected chi connectivity index (χ3v) is 4.10. The predicted molar refractivity (Wildman–Crippen MR) is 81.2 cm³/mol. The Balaban J connectivity index is 1.86. The molecule has 0 bridgehead atoms. The van der Waals surface area contributed by atoms with Crippen LogP contribution in [0.4, 0.5) is 14.6 Å². The van der Waals surface area contributed by atoms with E-state index in [-0.39, 0.29) is 11.7 Å². The smallest absolute Gasteiger partial charge is 0.180 e. The van der Waals surface area contributed by atoms with E-state index in [9.17, 15) is 13.9 Å². The van der Waals surface area contributed by atoms with E-state index in [0.29, 0.717) is 36.7 Å². The van der Waals surface area contributed by atoms with Crippen molar-refractivity contribution in [3.63, 3.8) is 0 Å². The zero-order chi connectivity index (χ0) is 16.0. The minimum Gasteiger partial charge on any atom is -0.391 e. The summed E-state index contributed by atoms with van der Waals surface area (Å²) in [5.74, 6) is -1.16. The van der Waals surface area contributed by atoms with Crippen molar-refractivity contribution in [1.82, 2.24) is 14.4 Å². The van der Waals surface area contributed by atoms with Crippen molar-refractivity contribution in [2.45, 2.75) is 12.5 Å². The molecule has 3 heterocycles. The highest BCUT2D eigenvalue weighted by atomic mass is 19.2. The molecule has 4 rings (SSSR count). The molecule has 5 nitrogen and oxygen atoms in total. The summed E-state index contributed by atoms with van der Waals surface area (Å²) in [4.78, 5) is 10.6. The van der Waals surface area contributed by atoms with Crippen LogP contribution in [0.5, 0.6) is 0 Å². The number of hydrogen-bond acceptors (Lipinski definition) is 4. The summed E-state index contributed by atoms with van der Waals surface area (Å²) in [6.07, 6.45) is 5.06. The number of rotatable bonds is 2. The van der Waals surface area contributed by atoms with Crippen LogP contribution in [0, 0.1) is 11.6 Å². The third-order valence-electron chi connectivity index (χ3n) is 4.10. The Bertz CT molecular complexity index is 880. The summed E-state index contributed by atoms with van der Waals surface area (Å²) in [7, 11) is 0. The summed E-state index contributed by atoms with van der Waals surface area (Å²) in [6.45, 7) is 1.17. The lowest BCUT2D eigenvalue weighted by molar-refractivity contribution is 0.198. The summed E-state index contributed by atoms with van der Waals surface area (Å²) < 4.78 is 29.2. The van der Waals surface area contributed by atoms with Crippen LogP contribution in [0.2, 0.25) is 0 Å². The molecule has 2 aromatic heterocycles. The first-order valence-corrected chi connectivity index (χ1v) is 7.34. The van der Waals surface area contributed by atoms with Crippen molar-refractivity contribution >= 4 is 11.5 Å². The first-order valence-electron chi connectivity index (χ1n) is 7.34. The summed E-state index contributed by atoms with van der Waals surface area (Å²) in [5, 5.41) is 9.70.